The predicted octanol–water partition coefficient (Wildman–Crippen LogP) is 2.62. The number of likely N-dealkylation sites (tertiary alicyclic amines) is 1. The second-order valence-electron chi connectivity index (χ2n) is 6.98. The van der Waals surface area contributed by atoms with Crippen LogP contribution in [0.2, 0.25) is 0 Å². The van der Waals surface area contributed by atoms with Gasteiger partial charge in [0.25, 0.3) is 5.91 Å². The van der Waals surface area contributed by atoms with E-state index in [1.165, 1.54) is 39.5 Å². The molecule has 1 aromatic rings. The Bertz CT molecular complexity index is 826. The molecule has 0 radical (unpaired) electrons. The first-order valence-corrected chi connectivity index (χ1v) is 10.2. The Labute approximate surface area is 187 Å². The molecule has 2 rings (SSSR count). The molecule has 176 valence electrons. The fourth-order valence-corrected chi connectivity index (χ4v) is 3.23. The zero-order valence-electron chi connectivity index (χ0n) is 18.7. The number of benzene rings is 1. The highest BCUT2D eigenvalue weighted by Crippen LogP contribution is 2.34. The third kappa shape index (κ3) is 6.88. The Balaban J connectivity index is 2.09. The molecule has 1 aliphatic rings. The molecule has 2 amide bonds. The summed E-state index contributed by atoms with van der Waals surface area (Å²) in [4.78, 5) is 38.1. The molecular formula is C22H30N2O8. The van der Waals surface area contributed by atoms with Gasteiger partial charge >= 0.3 is 12.1 Å². The van der Waals surface area contributed by atoms with Gasteiger partial charge in [-0.15, -0.1) is 0 Å². The van der Waals surface area contributed by atoms with Crippen LogP contribution in [0.15, 0.2) is 24.8 Å². The molecule has 1 fully saturated rings. The molecule has 1 aromatic carbocycles. The van der Waals surface area contributed by atoms with Gasteiger partial charge < -0.3 is 28.6 Å². The van der Waals surface area contributed by atoms with E-state index in [2.05, 4.69) is 16.6 Å². The summed E-state index contributed by atoms with van der Waals surface area (Å²) in [5.41, 5.74) is 0.480. The van der Waals surface area contributed by atoms with Crippen molar-refractivity contribution in [1.82, 2.24) is 4.90 Å². The Morgan fingerprint density at radius 2 is 1.91 bits per heavy atom. The number of amides is 2. The van der Waals surface area contributed by atoms with E-state index in [0.29, 0.717) is 44.0 Å². The smallest absolute Gasteiger partial charge is 0.411 e. The summed E-state index contributed by atoms with van der Waals surface area (Å²) in [6.07, 6.45) is 2.09. The monoisotopic (exact) mass is 450 g/mol. The summed E-state index contributed by atoms with van der Waals surface area (Å²) in [5.74, 6) is 0.148. The predicted molar refractivity (Wildman–Crippen MR) is 116 cm³/mol. The lowest BCUT2D eigenvalue weighted by molar-refractivity contribution is -0.141. The van der Waals surface area contributed by atoms with E-state index >= 15 is 0 Å². The number of rotatable bonds is 11. The number of nitrogens with zero attached hydrogens (tertiary/aromatic N) is 1. The Kier molecular flexibility index (Phi) is 9.80. The minimum absolute atomic E-state index is 0.0313. The minimum atomic E-state index is -0.723. The molecule has 0 spiro atoms. The van der Waals surface area contributed by atoms with Gasteiger partial charge in [-0.3, -0.25) is 14.9 Å². The third-order valence-electron chi connectivity index (χ3n) is 4.86. The quantitative estimate of drug-likeness (QED) is 0.311. The fourth-order valence-electron chi connectivity index (χ4n) is 3.23. The molecule has 1 heterocycles. The van der Waals surface area contributed by atoms with E-state index in [9.17, 15) is 14.4 Å². The van der Waals surface area contributed by atoms with Crippen LogP contribution < -0.4 is 14.8 Å². The zero-order valence-corrected chi connectivity index (χ0v) is 18.7. The Morgan fingerprint density at radius 1 is 1.19 bits per heavy atom. The SMILES string of the molecule is C=CCOC(=O)Nc1cc(OC)c(OC)cc1C(=O)N1CC[C@H](OCCCC(=O)OC)C1. The summed E-state index contributed by atoms with van der Waals surface area (Å²) in [7, 11) is 4.27. The lowest BCUT2D eigenvalue weighted by Gasteiger charge is -2.20. The van der Waals surface area contributed by atoms with Crippen LogP contribution in [0.4, 0.5) is 10.5 Å². The van der Waals surface area contributed by atoms with Crippen molar-refractivity contribution in [3.8, 4) is 11.5 Å². The van der Waals surface area contributed by atoms with Crippen molar-refractivity contribution in [2.45, 2.75) is 25.4 Å². The number of ether oxygens (including phenoxy) is 5. The maximum atomic E-state index is 13.2. The molecule has 1 aliphatic heterocycles. The highest BCUT2D eigenvalue weighted by molar-refractivity contribution is 6.03. The molecule has 0 aromatic heterocycles. The van der Waals surface area contributed by atoms with Crippen LogP contribution in [-0.2, 0) is 19.0 Å². The standard InChI is InChI=1S/C22H30N2O8/c1-5-10-32-22(27)23-17-13-19(29-3)18(28-2)12-16(17)21(26)24-9-8-15(14-24)31-11-6-7-20(25)30-4/h5,12-13,15H,1,6-11,14H2,2-4H3,(H,23,27)/t15-/m0/s1. The van der Waals surface area contributed by atoms with Crippen molar-refractivity contribution in [3.05, 3.63) is 30.4 Å². The fraction of sp³-hybridized carbons (Fsp3) is 0.500. The molecule has 0 unspecified atom stereocenters. The van der Waals surface area contributed by atoms with Gasteiger partial charge in [-0.25, -0.2) is 4.79 Å². The molecule has 10 nitrogen and oxygen atoms in total. The molecule has 0 saturated carbocycles. The van der Waals surface area contributed by atoms with E-state index < -0.39 is 6.09 Å². The second-order valence-corrected chi connectivity index (χ2v) is 6.98. The Morgan fingerprint density at radius 3 is 2.56 bits per heavy atom. The maximum absolute atomic E-state index is 13.2. The topological polar surface area (TPSA) is 113 Å². The maximum Gasteiger partial charge on any atom is 0.411 e. The van der Waals surface area contributed by atoms with Gasteiger partial charge in [0.05, 0.1) is 38.7 Å². The van der Waals surface area contributed by atoms with E-state index in [4.69, 9.17) is 18.9 Å². The number of hydrogen-bond acceptors (Lipinski definition) is 8. The van der Waals surface area contributed by atoms with Gasteiger partial charge in [-0.05, 0) is 18.9 Å². The van der Waals surface area contributed by atoms with Gasteiger partial charge in [0.2, 0.25) is 0 Å². The first-order valence-electron chi connectivity index (χ1n) is 10.2. The lowest BCUT2D eigenvalue weighted by atomic mass is 10.1. The van der Waals surface area contributed by atoms with Crippen LogP contribution in [0.25, 0.3) is 0 Å². The summed E-state index contributed by atoms with van der Waals surface area (Å²) >= 11 is 0. The van der Waals surface area contributed by atoms with Crippen molar-refractivity contribution >= 4 is 23.7 Å². The van der Waals surface area contributed by atoms with Crippen molar-refractivity contribution < 1.29 is 38.1 Å². The average molecular weight is 450 g/mol. The highest BCUT2D eigenvalue weighted by Gasteiger charge is 2.30. The highest BCUT2D eigenvalue weighted by atomic mass is 16.5. The van der Waals surface area contributed by atoms with Gasteiger partial charge in [-0.2, -0.15) is 0 Å². The Hall–Kier alpha value is -3.27. The number of anilines is 1. The number of nitrogens with one attached hydrogen (secondary N) is 1. The van der Waals surface area contributed by atoms with E-state index in [0.717, 1.165) is 0 Å². The molecule has 0 aliphatic carbocycles. The molecule has 0 bridgehead atoms. The molecule has 1 N–H and O–H groups in total. The first kappa shape index (κ1) is 25.0. The normalized spacial score (nSPS) is 15.1. The van der Waals surface area contributed by atoms with Crippen LogP contribution in [0, 0.1) is 0 Å². The van der Waals surface area contributed by atoms with Gasteiger partial charge in [0, 0.05) is 32.2 Å². The van der Waals surface area contributed by atoms with Crippen molar-refractivity contribution in [2.75, 3.05) is 52.9 Å². The van der Waals surface area contributed by atoms with Crippen LogP contribution in [0.5, 0.6) is 11.5 Å². The average Bonchev–Trinajstić information content (AvgIpc) is 3.28. The third-order valence-corrected chi connectivity index (χ3v) is 4.86. The largest absolute Gasteiger partial charge is 0.493 e. The van der Waals surface area contributed by atoms with E-state index in [1.807, 2.05) is 0 Å². The second kappa shape index (κ2) is 12.6. The van der Waals surface area contributed by atoms with Crippen molar-refractivity contribution in [2.24, 2.45) is 0 Å². The first-order chi connectivity index (χ1) is 15.4. The number of methoxy groups -OCH3 is 3. The van der Waals surface area contributed by atoms with E-state index in [1.54, 1.807) is 4.90 Å². The summed E-state index contributed by atoms with van der Waals surface area (Å²) in [6.45, 7) is 4.82. The molecule has 1 atom stereocenters. The summed E-state index contributed by atoms with van der Waals surface area (Å²) in [6, 6.07) is 3.03. The zero-order chi connectivity index (χ0) is 23.5. The van der Waals surface area contributed by atoms with Crippen molar-refractivity contribution in [3.63, 3.8) is 0 Å². The number of carbonyl (C=O) groups is 3. The van der Waals surface area contributed by atoms with Crippen molar-refractivity contribution in [1.29, 1.82) is 0 Å². The van der Waals surface area contributed by atoms with Crippen LogP contribution in [-0.4, -0.2) is 76.6 Å². The number of hydrogen-bond donors (Lipinski definition) is 1. The molecule has 10 heteroatoms. The summed E-state index contributed by atoms with van der Waals surface area (Å²) in [5, 5.41) is 2.58. The van der Waals surface area contributed by atoms with Crippen LogP contribution >= 0.6 is 0 Å². The molecular weight excluding hydrogens is 420 g/mol. The van der Waals surface area contributed by atoms with E-state index in [-0.39, 0.29) is 42.3 Å². The van der Waals surface area contributed by atoms with Crippen LogP contribution in [0.1, 0.15) is 29.6 Å². The van der Waals surface area contributed by atoms with Gasteiger partial charge in [0.1, 0.15) is 6.61 Å². The van der Waals surface area contributed by atoms with Gasteiger partial charge in [0.15, 0.2) is 11.5 Å². The number of esters is 1. The lowest BCUT2D eigenvalue weighted by Crippen LogP contribution is -2.31. The molecule has 1 saturated heterocycles. The number of carbonyl (C=O) groups excluding carboxylic acids is 3. The van der Waals surface area contributed by atoms with Gasteiger partial charge in [-0.1, -0.05) is 12.7 Å². The van der Waals surface area contributed by atoms with Crippen LogP contribution in [0.3, 0.4) is 0 Å². The summed E-state index contributed by atoms with van der Waals surface area (Å²) < 4.78 is 26.0. The molecule has 32 heavy (non-hydrogen) atoms. The minimum Gasteiger partial charge on any atom is -0.493 e.